The number of rotatable bonds is 5. The van der Waals surface area contributed by atoms with Gasteiger partial charge in [0.05, 0.1) is 5.56 Å². The molecule has 1 aromatic heterocycles. The zero-order valence-electron chi connectivity index (χ0n) is 11.5. The van der Waals surface area contributed by atoms with Gasteiger partial charge in [0.1, 0.15) is 0 Å². The fourth-order valence-electron chi connectivity index (χ4n) is 2.26. The quantitative estimate of drug-likeness (QED) is 0.837. The minimum atomic E-state index is -0.0414. The Labute approximate surface area is 114 Å². The Morgan fingerprint density at radius 2 is 2.05 bits per heavy atom. The van der Waals surface area contributed by atoms with Crippen LogP contribution in [0.2, 0.25) is 0 Å². The summed E-state index contributed by atoms with van der Waals surface area (Å²) in [6.45, 7) is 9.39. The molecule has 0 atom stereocenters. The van der Waals surface area contributed by atoms with Crippen LogP contribution in [0.15, 0.2) is 24.5 Å². The van der Waals surface area contributed by atoms with Crippen molar-refractivity contribution in [2.75, 3.05) is 45.8 Å². The van der Waals surface area contributed by atoms with Crippen molar-refractivity contribution >= 4 is 5.91 Å². The second-order valence-electron chi connectivity index (χ2n) is 4.77. The van der Waals surface area contributed by atoms with Crippen LogP contribution >= 0.6 is 0 Å². The van der Waals surface area contributed by atoms with E-state index in [1.165, 1.54) is 0 Å². The van der Waals surface area contributed by atoms with Crippen molar-refractivity contribution in [1.82, 2.24) is 20.1 Å². The van der Waals surface area contributed by atoms with E-state index in [2.05, 4.69) is 27.0 Å². The van der Waals surface area contributed by atoms with Crippen LogP contribution in [0.4, 0.5) is 0 Å². The first-order valence-corrected chi connectivity index (χ1v) is 6.92. The van der Waals surface area contributed by atoms with Crippen molar-refractivity contribution < 1.29 is 4.79 Å². The Morgan fingerprint density at radius 3 is 2.68 bits per heavy atom. The zero-order chi connectivity index (χ0) is 13.5. The second-order valence-corrected chi connectivity index (χ2v) is 4.77. The highest BCUT2D eigenvalue weighted by Gasteiger charge is 2.15. The van der Waals surface area contributed by atoms with Crippen LogP contribution < -0.4 is 5.32 Å². The Bertz CT molecular complexity index is 388. The first-order chi connectivity index (χ1) is 9.29. The molecule has 2 heterocycles. The molecule has 1 aliphatic rings. The van der Waals surface area contributed by atoms with E-state index in [1.807, 2.05) is 0 Å². The van der Waals surface area contributed by atoms with Gasteiger partial charge >= 0.3 is 0 Å². The van der Waals surface area contributed by atoms with Crippen molar-refractivity contribution in [2.24, 2.45) is 0 Å². The van der Waals surface area contributed by atoms with Gasteiger partial charge < -0.3 is 10.2 Å². The summed E-state index contributed by atoms with van der Waals surface area (Å²) in [7, 11) is 0. The summed E-state index contributed by atoms with van der Waals surface area (Å²) in [5.74, 6) is -0.0414. The normalized spacial score (nSPS) is 17.3. The molecular weight excluding hydrogens is 240 g/mol. The maximum absolute atomic E-state index is 11.8. The first kappa shape index (κ1) is 14.0. The van der Waals surface area contributed by atoms with E-state index in [-0.39, 0.29) is 5.91 Å². The van der Waals surface area contributed by atoms with Gasteiger partial charge in [-0.2, -0.15) is 0 Å². The summed E-state index contributed by atoms with van der Waals surface area (Å²) < 4.78 is 0. The predicted octanol–water partition coefficient (Wildman–Crippen LogP) is 0.449. The van der Waals surface area contributed by atoms with Gasteiger partial charge in [-0.15, -0.1) is 0 Å². The van der Waals surface area contributed by atoms with Crippen LogP contribution in [-0.4, -0.2) is 66.5 Å². The van der Waals surface area contributed by atoms with E-state index in [0.717, 1.165) is 39.3 Å². The maximum Gasteiger partial charge on any atom is 0.252 e. The van der Waals surface area contributed by atoms with Gasteiger partial charge in [0.2, 0.25) is 0 Å². The largest absolute Gasteiger partial charge is 0.351 e. The molecule has 1 N–H and O–H groups in total. The maximum atomic E-state index is 11.8. The molecule has 1 saturated heterocycles. The van der Waals surface area contributed by atoms with Gasteiger partial charge in [0.25, 0.3) is 5.91 Å². The Balaban J connectivity index is 1.66. The number of piperazine rings is 1. The second kappa shape index (κ2) is 7.21. The third kappa shape index (κ3) is 4.29. The number of nitrogens with one attached hydrogen (secondary N) is 1. The highest BCUT2D eigenvalue weighted by molar-refractivity contribution is 5.93. The van der Waals surface area contributed by atoms with Crippen molar-refractivity contribution in [2.45, 2.75) is 6.92 Å². The predicted molar refractivity (Wildman–Crippen MR) is 75.1 cm³/mol. The van der Waals surface area contributed by atoms with Crippen molar-refractivity contribution in [3.05, 3.63) is 30.1 Å². The van der Waals surface area contributed by atoms with Crippen LogP contribution in [0.1, 0.15) is 17.3 Å². The number of hydrogen-bond acceptors (Lipinski definition) is 4. The summed E-state index contributed by atoms with van der Waals surface area (Å²) in [5, 5.41) is 2.94. The molecule has 0 bridgehead atoms. The van der Waals surface area contributed by atoms with Gasteiger partial charge in [0, 0.05) is 51.7 Å². The molecule has 0 saturated carbocycles. The molecule has 2 rings (SSSR count). The van der Waals surface area contributed by atoms with E-state index in [4.69, 9.17) is 0 Å². The van der Waals surface area contributed by atoms with Crippen molar-refractivity contribution in [3.8, 4) is 0 Å². The van der Waals surface area contributed by atoms with E-state index in [0.29, 0.717) is 12.1 Å². The lowest BCUT2D eigenvalue weighted by Crippen LogP contribution is -2.48. The van der Waals surface area contributed by atoms with E-state index in [9.17, 15) is 4.79 Å². The molecule has 0 aromatic carbocycles. The number of pyridine rings is 1. The van der Waals surface area contributed by atoms with E-state index >= 15 is 0 Å². The topological polar surface area (TPSA) is 48.5 Å². The lowest BCUT2D eigenvalue weighted by molar-refractivity contribution is 0.0937. The molecule has 0 radical (unpaired) electrons. The highest BCUT2D eigenvalue weighted by atomic mass is 16.1. The minimum Gasteiger partial charge on any atom is -0.351 e. The summed E-state index contributed by atoms with van der Waals surface area (Å²) in [5.41, 5.74) is 0.623. The van der Waals surface area contributed by atoms with Crippen molar-refractivity contribution in [3.63, 3.8) is 0 Å². The SMILES string of the molecule is CCN1CCN(CCNC(=O)c2cccnc2)CC1. The lowest BCUT2D eigenvalue weighted by atomic mass is 10.2. The monoisotopic (exact) mass is 262 g/mol. The van der Waals surface area contributed by atoms with Crippen molar-refractivity contribution in [1.29, 1.82) is 0 Å². The molecule has 1 fully saturated rings. The summed E-state index contributed by atoms with van der Waals surface area (Å²) in [6, 6.07) is 3.56. The average Bonchev–Trinajstić information content (AvgIpc) is 2.49. The number of likely N-dealkylation sites (N-methyl/N-ethyl adjacent to an activating group) is 1. The third-order valence-corrected chi connectivity index (χ3v) is 3.55. The molecule has 19 heavy (non-hydrogen) atoms. The minimum absolute atomic E-state index is 0.0414. The van der Waals surface area contributed by atoms with Gasteiger partial charge in [0.15, 0.2) is 0 Å². The van der Waals surface area contributed by atoms with Gasteiger partial charge in [-0.25, -0.2) is 0 Å². The summed E-state index contributed by atoms with van der Waals surface area (Å²) in [6.07, 6.45) is 3.26. The first-order valence-electron chi connectivity index (χ1n) is 6.92. The van der Waals surface area contributed by atoms with Crippen LogP contribution in [0, 0.1) is 0 Å². The van der Waals surface area contributed by atoms with Gasteiger partial charge in [-0.3, -0.25) is 14.7 Å². The van der Waals surface area contributed by atoms with E-state index < -0.39 is 0 Å². The third-order valence-electron chi connectivity index (χ3n) is 3.55. The molecule has 1 aromatic rings. The zero-order valence-corrected chi connectivity index (χ0v) is 11.5. The standard InChI is InChI=1S/C14H22N4O/c1-2-17-8-10-18(11-9-17)7-6-16-14(19)13-4-3-5-15-12-13/h3-5,12H,2,6-11H2,1H3,(H,16,19). The molecule has 5 heteroatoms. The fourth-order valence-corrected chi connectivity index (χ4v) is 2.26. The smallest absolute Gasteiger partial charge is 0.252 e. The Kier molecular flexibility index (Phi) is 5.30. The average molecular weight is 262 g/mol. The Morgan fingerprint density at radius 1 is 1.32 bits per heavy atom. The molecule has 1 amide bonds. The number of hydrogen-bond donors (Lipinski definition) is 1. The number of nitrogens with zero attached hydrogens (tertiary/aromatic N) is 3. The van der Waals surface area contributed by atoms with Gasteiger partial charge in [-0.1, -0.05) is 6.92 Å². The number of carbonyl (C=O) groups is 1. The summed E-state index contributed by atoms with van der Waals surface area (Å²) in [4.78, 5) is 20.6. The van der Waals surface area contributed by atoms with Crippen LogP contribution in [0.25, 0.3) is 0 Å². The number of aromatic nitrogens is 1. The molecular formula is C14H22N4O. The highest BCUT2D eigenvalue weighted by Crippen LogP contribution is 2.00. The summed E-state index contributed by atoms with van der Waals surface area (Å²) >= 11 is 0. The Hall–Kier alpha value is -1.46. The van der Waals surface area contributed by atoms with Crippen LogP contribution in [0.5, 0.6) is 0 Å². The van der Waals surface area contributed by atoms with Gasteiger partial charge in [-0.05, 0) is 18.7 Å². The van der Waals surface area contributed by atoms with Crippen LogP contribution in [-0.2, 0) is 0 Å². The van der Waals surface area contributed by atoms with E-state index in [1.54, 1.807) is 24.5 Å². The molecule has 5 nitrogen and oxygen atoms in total. The molecule has 104 valence electrons. The molecule has 1 aliphatic heterocycles. The molecule has 0 spiro atoms. The molecule has 0 unspecified atom stereocenters. The molecule has 0 aliphatic carbocycles. The van der Waals surface area contributed by atoms with Crippen LogP contribution in [0.3, 0.4) is 0 Å². The lowest BCUT2D eigenvalue weighted by Gasteiger charge is -2.33. The number of carbonyl (C=O) groups excluding carboxylic acids is 1. The number of amides is 1. The fraction of sp³-hybridized carbons (Fsp3) is 0.571.